The van der Waals surface area contributed by atoms with Crippen LogP contribution in [0.1, 0.15) is 32.3 Å². The smallest absolute Gasteiger partial charge is 0.240 e. The average Bonchev–Trinajstić information content (AvgIpc) is 2.65. The van der Waals surface area contributed by atoms with Crippen LogP contribution in [0.4, 0.5) is 5.69 Å². The number of nitrogens with one attached hydrogen (secondary N) is 3. The van der Waals surface area contributed by atoms with Crippen molar-refractivity contribution in [3.63, 3.8) is 0 Å². The van der Waals surface area contributed by atoms with E-state index in [0.717, 1.165) is 18.5 Å². The Morgan fingerprint density at radius 3 is 2.82 bits per heavy atom. The molecule has 22 heavy (non-hydrogen) atoms. The third-order valence-electron chi connectivity index (χ3n) is 3.64. The summed E-state index contributed by atoms with van der Waals surface area (Å²) in [5, 5.41) is 5.96. The average molecular weight is 325 g/mol. The Kier molecular flexibility index (Phi) is 5.55. The van der Waals surface area contributed by atoms with E-state index in [1.165, 1.54) is 6.07 Å². The molecule has 0 radical (unpaired) electrons. The zero-order valence-electron chi connectivity index (χ0n) is 13.0. The number of anilines is 1. The van der Waals surface area contributed by atoms with E-state index in [2.05, 4.69) is 15.4 Å². The maximum Gasteiger partial charge on any atom is 0.240 e. The first-order valence-corrected chi connectivity index (χ1v) is 9.06. The Balaban J connectivity index is 2.15. The lowest BCUT2D eigenvalue weighted by Gasteiger charge is -2.14. The lowest BCUT2D eigenvalue weighted by atomic mass is 10.1. The normalized spacial score (nSPS) is 16.5. The second-order valence-electron chi connectivity index (χ2n) is 5.53. The van der Waals surface area contributed by atoms with Crippen LogP contribution >= 0.6 is 0 Å². The van der Waals surface area contributed by atoms with Crippen molar-refractivity contribution >= 4 is 21.6 Å². The van der Waals surface area contributed by atoms with Gasteiger partial charge in [0.25, 0.3) is 0 Å². The van der Waals surface area contributed by atoms with E-state index in [4.69, 9.17) is 0 Å². The zero-order chi connectivity index (χ0) is 16.2. The molecular weight excluding hydrogens is 302 g/mol. The summed E-state index contributed by atoms with van der Waals surface area (Å²) in [6.45, 7) is 5.04. The largest absolute Gasteiger partial charge is 0.326 e. The van der Waals surface area contributed by atoms with Crippen LogP contribution in [-0.4, -0.2) is 33.5 Å². The number of fused-ring (bicyclic) bond motifs is 1. The number of hydrogen-bond acceptors (Lipinski definition) is 4. The van der Waals surface area contributed by atoms with E-state index >= 15 is 0 Å². The Hall–Kier alpha value is -1.44. The molecule has 0 aliphatic carbocycles. The van der Waals surface area contributed by atoms with Gasteiger partial charge in [-0.05, 0) is 50.1 Å². The van der Waals surface area contributed by atoms with Crippen molar-refractivity contribution < 1.29 is 13.2 Å². The van der Waals surface area contributed by atoms with Crippen molar-refractivity contribution in [2.75, 3.05) is 18.4 Å². The minimum atomic E-state index is -3.54. The number of amides is 1. The topological polar surface area (TPSA) is 87.3 Å². The summed E-state index contributed by atoms with van der Waals surface area (Å²) in [5.41, 5.74) is 1.58. The summed E-state index contributed by atoms with van der Waals surface area (Å²) in [6.07, 6.45) is 1.90. The fourth-order valence-corrected chi connectivity index (χ4v) is 3.64. The fraction of sp³-hybridized carbons (Fsp3) is 0.533. The van der Waals surface area contributed by atoms with Gasteiger partial charge in [0.05, 0.1) is 4.90 Å². The minimum Gasteiger partial charge on any atom is -0.326 e. The van der Waals surface area contributed by atoms with Crippen molar-refractivity contribution in [1.82, 2.24) is 10.0 Å². The number of likely N-dealkylation sites (N-methyl/N-ethyl adjacent to an activating group) is 1. The van der Waals surface area contributed by atoms with Crippen molar-refractivity contribution in [2.45, 2.75) is 44.0 Å². The summed E-state index contributed by atoms with van der Waals surface area (Å²) < 4.78 is 27.3. The molecule has 1 aliphatic heterocycles. The first kappa shape index (κ1) is 16.9. The van der Waals surface area contributed by atoms with Gasteiger partial charge in [0.2, 0.25) is 15.9 Å². The highest BCUT2D eigenvalue weighted by Gasteiger charge is 2.19. The van der Waals surface area contributed by atoms with Crippen LogP contribution in [0.25, 0.3) is 0 Å². The van der Waals surface area contributed by atoms with Crippen LogP contribution in [0.2, 0.25) is 0 Å². The van der Waals surface area contributed by atoms with E-state index in [0.29, 0.717) is 25.1 Å². The van der Waals surface area contributed by atoms with Crippen LogP contribution in [0, 0.1) is 0 Å². The number of hydrogen-bond donors (Lipinski definition) is 3. The van der Waals surface area contributed by atoms with Crippen LogP contribution in [0.5, 0.6) is 0 Å². The number of rotatable bonds is 6. The second-order valence-corrected chi connectivity index (χ2v) is 7.30. The van der Waals surface area contributed by atoms with Crippen LogP contribution in [0.3, 0.4) is 0 Å². The summed E-state index contributed by atoms with van der Waals surface area (Å²) in [6, 6.07) is 4.92. The minimum absolute atomic E-state index is 0.0213. The number of benzene rings is 1. The molecule has 122 valence electrons. The number of aryl methyl sites for hydroxylation is 1. The molecule has 0 saturated carbocycles. The van der Waals surface area contributed by atoms with E-state index in [9.17, 15) is 13.2 Å². The maximum absolute atomic E-state index is 12.4. The Morgan fingerprint density at radius 2 is 2.09 bits per heavy atom. The first-order valence-electron chi connectivity index (χ1n) is 7.58. The van der Waals surface area contributed by atoms with Crippen LogP contribution in [0.15, 0.2) is 23.1 Å². The van der Waals surface area contributed by atoms with Crippen molar-refractivity contribution in [3.8, 4) is 0 Å². The molecule has 1 aromatic rings. The van der Waals surface area contributed by atoms with Gasteiger partial charge in [-0.2, -0.15) is 0 Å². The molecule has 1 heterocycles. The van der Waals surface area contributed by atoms with Crippen molar-refractivity contribution in [1.29, 1.82) is 0 Å². The molecule has 0 bridgehead atoms. The van der Waals surface area contributed by atoms with Crippen molar-refractivity contribution in [2.24, 2.45) is 0 Å². The van der Waals surface area contributed by atoms with E-state index in [1.54, 1.807) is 12.1 Å². The van der Waals surface area contributed by atoms with Crippen molar-refractivity contribution in [3.05, 3.63) is 23.8 Å². The SMILES string of the molecule is CCN[C@H](C)CNS(=O)(=O)c1ccc2c(c1)CCCC(=O)N2. The van der Waals surface area contributed by atoms with Gasteiger partial charge in [0.15, 0.2) is 0 Å². The molecule has 0 unspecified atom stereocenters. The first-order chi connectivity index (χ1) is 10.4. The van der Waals surface area contributed by atoms with Gasteiger partial charge in [0.1, 0.15) is 0 Å². The predicted molar refractivity (Wildman–Crippen MR) is 86.3 cm³/mol. The standard InChI is InChI=1S/C15H23N3O3S/c1-3-16-11(2)10-17-22(20,21)13-7-8-14-12(9-13)5-4-6-15(19)18-14/h7-9,11,16-17H,3-6,10H2,1-2H3,(H,18,19)/t11-/m1/s1. The van der Waals surface area contributed by atoms with Gasteiger partial charge in [-0.15, -0.1) is 0 Å². The fourth-order valence-electron chi connectivity index (χ4n) is 2.46. The van der Waals surface area contributed by atoms with Gasteiger partial charge in [-0.3, -0.25) is 4.79 Å². The third-order valence-corrected chi connectivity index (χ3v) is 5.06. The monoisotopic (exact) mass is 325 g/mol. The number of carbonyl (C=O) groups is 1. The Morgan fingerprint density at radius 1 is 1.32 bits per heavy atom. The summed E-state index contributed by atoms with van der Waals surface area (Å²) in [7, 11) is -3.54. The molecular formula is C15H23N3O3S. The van der Waals surface area contributed by atoms with E-state index < -0.39 is 10.0 Å². The highest BCUT2D eigenvalue weighted by Crippen LogP contribution is 2.25. The summed E-state index contributed by atoms with van der Waals surface area (Å²) in [5.74, 6) is -0.0213. The molecule has 0 spiro atoms. The van der Waals surface area contributed by atoms with Gasteiger partial charge in [-0.25, -0.2) is 13.1 Å². The van der Waals surface area contributed by atoms with Gasteiger partial charge in [0, 0.05) is 24.7 Å². The lowest BCUT2D eigenvalue weighted by Crippen LogP contribution is -2.38. The Labute approximate surface area is 131 Å². The second kappa shape index (κ2) is 7.21. The summed E-state index contributed by atoms with van der Waals surface area (Å²) in [4.78, 5) is 11.8. The molecule has 2 rings (SSSR count). The molecule has 0 aromatic heterocycles. The van der Waals surface area contributed by atoms with E-state index in [1.807, 2.05) is 13.8 Å². The Bertz CT molecular complexity index is 643. The zero-order valence-corrected chi connectivity index (χ0v) is 13.8. The molecule has 3 N–H and O–H groups in total. The quantitative estimate of drug-likeness (QED) is 0.734. The van der Waals surface area contributed by atoms with Gasteiger partial charge < -0.3 is 10.6 Å². The van der Waals surface area contributed by atoms with Gasteiger partial charge in [-0.1, -0.05) is 6.92 Å². The van der Waals surface area contributed by atoms with E-state index in [-0.39, 0.29) is 16.8 Å². The van der Waals surface area contributed by atoms with Crippen LogP contribution < -0.4 is 15.4 Å². The highest BCUT2D eigenvalue weighted by atomic mass is 32.2. The summed E-state index contributed by atoms with van der Waals surface area (Å²) >= 11 is 0. The number of sulfonamides is 1. The molecule has 7 heteroatoms. The predicted octanol–water partition coefficient (Wildman–Crippen LogP) is 1.24. The molecule has 1 aliphatic rings. The third kappa shape index (κ3) is 4.28. The molecule has 0 fully saturated rings. The molecule has 1 amide bonds. The van der Waals surface area contributed by atoms with Gasteiger partial charge >= 0.3 is 0 Å². The highest BCUT2D eigenvalue weighted by molar-refractivity contribution is 7.89. The lowest BCUT2D eigenvalue weighted by molar-refractivity contribution is -0.116. The molecule has 1 aromatic carbocycles. The van der Waals surface area contributed by atoms with Crippen LogP contribution in [-0.2, 0) is 21.2 Å². The molecule has 0 saturated heterocycles. The number of carbonyl (C=O) groups excluding carboxylic acids is 1. The maximum atomic E-state index is 12.4. The molecule has 6 nitrogen and oxygen atoms in total. The molecule has 1 atom stereocenters.